The van der Waals surface area contributed by atoms with Crippen LogP contribution in [0.15, 0.2) is 54.6 Å². The fourth-order valence-corrected chi connectivity index (χ4v) is 2.18. The molecule has 0 aliphatic carbocycles. The second kappa shape index (κ2) is 8.76. The van der Waals surface area contributed by atoms with Crippen LogP contribution < -0.4 is 10.1 Å². The van der Waals surface area contributed by atoms with E-state index < -0.39 is 12.4 Å². The van der Waals surface area contributed by atoms with E-state index in [0.717, 1.165) is 17.7 Å². The van der Waals surface area contributed by atoms with Gasteiger partial charge in [-0.2, -0.15) is 5.26 Å². The molecule has 26 heavy (non-hydrogen) atoms. The average molecular weight is 363 g/mol. The summed E-state index contributed by atoms with van der Waals surface area (Å²) in [6.45, 7) is 0.538. The minimum absolute atomic E-state index is 0.165. The second-order valence-electron chi connectivity index (χ2n) is 5.32. The van der Waals surface area contributed by atoms with Crippen LogP contribution in [0, 0.1) is 11.3 Å². The summed E-state index contributed by atoms with van der Waals surface area (Å²) in [6, 6.07) is 15.6. The zero-order valence-electron chi connectivity index (χ0n) is 13.7. The number of anilines is 1. The second-order valence-corrected chi connectivity index (χ2v) is 5.32. The lowest BCUT2D eigenvalue weighted by molar-refractivity contribution is -0.274. The third-order valence-electron chi connectivity index (χ3n) is 3.34. The Kier molecular flexibility index (Phi) is 6.44. The molecule has 0 saturated carbocycles. The topological polar surface area (TPSA) is 65.4 Å². The van der Waals surface area contributed by atoms with Crippen LogP contribution >= 0.6 is 0 Å². The maximum Gasteiger partial charge on any atom is 0.573 e. The van der Waals surface area contributed by atoms with Crippen molar-refractivity contribution in [3.05, 3.63) is 60.2 Å². The van der Waals surface area contributed by atoms with E-state index in [0.29, 0.717) is 12.2 Å². The summed E-state index contributed by atoms with van der Waals surface area (Å²) in [5, 5.41) is 11.4. The van der Waals surface area contributed by atoms with Crippen molar-refractivity contribution in [1.29, 1.82) is 5.26 Å². The summed E-state index contributed by atoms with van der Waals surface area (Å²) in [7, 11) is 0. The van der Waals surface area contributed by atoms with Gasteiger partial charge in [0.25, 0.3) is 0 Å². The highest BCUT2D eigenvalue weighted by Gasteiger charge is 2.31. The predicted molar refractivity (Wildman–Crippen MR) is 89.2 cm³/mol. The van der Waals surface area contributed by atoms with Crippen molar-refractivity contribution in [2.75, 3.05) is 11.9 Å². The van der Waals surface area contributed by atoms with E-state index in [1.165, 1.54) is 17.0 Å². The molecular weight excluding hydrogens is 347 g/mol. The van der Waals surface area contributed by atoms with E-state index in [4.69, 9.17) is 5.26 Å². The summed E-state index contributed by atoms with van der Waals surface area (Å²) < 4.78 is 40.3. The maximum absolute atomic E-state index is 12.4. The van der Waals surface area contributed by atoms with Gasteiger partial charge in [-0.25, -0.2) is 4.79 Å². The van der Waals surface area contributed by atoms with Gasteiger partial charge < -0.3 is 15.0 Å². The average Bonchev–Trinajstić information content (AvgIpc) is 2.60. The van der Waals surface area contributed by atoms with Crippen LogP contribution in [-0.4, -0.2) is 23.8 Å². The molecule has 0 fully saturated rings. The van der Waals surface area contributed by atoms with E-state index in [1.54, 1.807) is 0 Å². The molecule has 0 radical (unpaired) electrons. The van der Waals surface area contributed by atoms with Gasteiger partial charge in [-0.1, -0.05) is 30.3 Å². The van der Waals surface area contributed by atoms with Crippen LogP contribution in [-0.2, 0) is 6.54 Å². The summed E-state index contributed by atoms with van der Waals surface area (Å²) in [5.41, 5.74) is 1.22. The van der Waals surface area contributed by atoms with Gasteiger partial charge in [0.15, 0.2) is 0 Å². The summed E-state index contributed by atoms with van der Waals surface area (Å²) in [5.74, 6) is -0.374. The predicted octanol–water partition coefficient (Wildman–Crippen LogP) is 4.53. The number of rotatable bonds is 6. The van der Waals surface area contributed by atoms with Gasteiger partial charge in [0.05, 0.1) is 12.5 Å². The Morgan fingerprint density at radius 2 is 1.77 bits per heavy atom. The maximum atomic E-state index is 12.4. The Balaban J connectivity index is 2.02. The van der Waals surface area contributed by atoms with E-state index >= 15 is 0 Å². The fraction of sp³-hybridized carbons (Fsp3) is 0.222. The highest BCUT2D eigenvalue weighted by atomic mass is 19.4. The van der Waals surface area contributed by atoms with Crippen LogP contribution in [0.4, 0.5) is 23.7 Å². The van der Waals surface area contributed by atoms with E-state index in [1.807, 2.05) is 36.4 Å². The zero-order chi connectivity index (χ0) is 19.0. The van der Waals surface area contributed by atoms with Gasteiger partial charge >= 0.3 is 12.4 Å². The first-order chi connectivity index (χ1) is 12.4. The number of carbonyl (C=O) groups is 1. The first-order valence-electron chi connectivity index (χ1n) is 7.70. The molecule has 0 heterocycles. The number of hydrogen-bond donors (Lipinski definition) is 1. The number of nitrogens with one attached hydrogen (secondary N) is 1. The summed E-state index contributed by atoms with van der Waals surface area (Å²) in [4.78, 5) is 13.9. The number of nitriles is 1. The minimum atomic E-state index is -4.77. The highest BCUT2D eigenvalue weighted by Crippen LogP contribution is 2.24. The van der Waals surface area contributed by atoms with Gasteiger partial charge in [-0.05, 0) is 29.8 Å². The molecule has 136 valence electrons. The standard InChI is InChI=1S/C18H16F3N3O2/c19-18(20,21)26-16-9-7-15(8-10-16)23-17(25)24(12-4-11-22)13-14-5-2-1-3-6-14/h1-3,5-10H,4,12-13H2,(H,23,25). The number of nitrogens with zero attached hydrogens (tertiary/aromatic N) is 2. The van der Waals surface area contributed by atoms with Crippen LogP contribution in [0.5, 0.6) is 5.75 Å². The fourth-order valence-electron chi connectivity index (χ4n) is 2.18. The van der Waals surface area contributed by atoms with Crippen molar-refractivity contribution in [3.8, 4) is 11.8 Å². The molecule has 5 nitrogen and oxygen atoms in total. The monoisotopic (exact) mass is 363 g/mol. The SMILES string of the molecule is N#CCCN(Cc1ccccc1)C(=O)Nc1ccc(OC(F)(F)F)cc1. The van der Waals surface area contributed by atoms with Crippen molar-refractivity contribution in [3.63, 3.8) is 0 Å². The number of carbonyl (C=O) groups excluding carboxylic acids is 1. The highest BCUT2D eigenvalue weighted by molar-refractivity contribution is 5.89. The third kappa shape index (κ3) is 6.36. The van der Waals surface area contributed by atoms with Crippen LogP contribution in [0.25, 0.3) is 0 Å². The molecule has 2 aromatic carbocycles. The Labute approximate surface area is 148 Å². The molecule has 0 aliphatic rings. The Morgan fingerprint density at radius 1 is 1.12 bits per heavy atom. The molecule has 0 unspecified atom stereocenters. The molecule has 2 amide bonds. The lowest BCUT2D eigenvalue weighted by Crippen LogP contribution is -2.35. The number of halogens is 3. The molecule has 0 aliphatic heterocycles. The molecule has 2 aromatic rings. The number of benzene rings is 2. The van der Waals surface area contributed by atoms with Crippen LogP contribution in [0.3, 0.4) is 0 Å². The molecule has 1 N–H and O–H groups in total. The van der Waals surface area contributed by atoms with Crippen molar-refractivity contribution in [1.82, 2.24) is 4.90 Å². The Morgan fingerprint density at radius 3 is 2.35 bits per heavy atom. The summed E-state index contributed by atoms with van der Waals surface area (Å²) in [6.07, 6.45) is -4.60. The summed E-state index contributed by atoms with van der Waals surface area (Å²) >= 11 is 0. The quantitative estimate of drug-likeness (QED) is 0.820. The zero-order valence-corrected chi connectivity index (χ0v) is 13.7. The number of alkyl halides is 3. The molecule has 0 aromatic heterocycles. The van der Waals surface area contributed by atoms with E-state index in [-0.39, 0.29) is 18.7 Å². The van der Waals surface area contributed by atoms with Gasteiger partial charge in [0, 0.05) is 18.8 Å². The number of urea groups is 1. The lowest BCUT2D eigenvalue weighted by atomic mass is 10.2. The normalized spacial score (nSPS) is 10.7. The van der Waals surface area contributed by atoms with Crippen LogP contribution in [0.1, 0.15) is 12.0 Å². The van der Waals surface area contributed by atoms with Gasteiger partial charge in [-0.15, -0.1) is 13.2 Å². The molecule has 0 spiro atoms. The Bertz CT molecular complexity index is 756. The largest absolute Gasteiger partial charge is 0.573 e. The van der Waals surface area contributed by atoms with Crippen molar-refractivity contribution < 1.29 is 22.7 Å². The van der Waals surface area contributed by atoms with E-state index in [9.17, 15) is 18.0 Å². The lowest BCUT2D eigenvalue weighted by Gasteiger charge is -2.22. The minimum Gasteiger partial charge on any atom is -0.406 e. The number of hydrogen-bond acceptors (Lipinski definition) is 3. The van der Waals surface area contributed by atoms with Crippen molar-refractivity contribution in [2.45, 2.75) is 19.3 Å². The first-order valence-corrected chi connectivity index (χ1v) is 7.70. The molecular formula is C18H16F3N3O2. The van der Waals surface area contributed by atoms with Crippen LogP contribution in [0.2, 0.25) is 0 Å². The first kappa shape index (κ1) is 19.1. The van der Waals surface area contributed by atoms with Gasteiger partial charge in [0.2, 0.25) is 0 Å². The van der Waals surface area contributed by atoms with E-state index in [2.05, 4.69) is 10.1 Å². The molecule has 2 rings (SSSR count). The molecule has 8 heteroatoms. The molecule has 0 saturated heterocycles. The van der Waals surface area contributed by atoms with Crippen molar-refractivity contribution in [2.24, 2.45) is 0 Å². The third-order valence-corrected chi connectivity index (χ3v) is 3.34. The van der Waals surface area contributed by atoms with Gasteiger partial charge in [0.1, 0.15) is 5.75 Å². The molecule has 0 atom stereocenters. The van der Waals surface area contributed by atoms with Crippen molar-refractivity contribution >= 4 is 11.7 Å². The van der Waals surface area contributed by atoms with Gasteiger partial charge in [-0.3, -0.25) is 0 Å². The molecule has 0 bridgehead atoms. The Hall–Kier alpha value is -3.21. The number of ether oxygens (including phenoxy) is 1. The number of amides is 2. The smallest absolute Gasteiger partial charge is 0.406 e.